The van der Waals surface area contributed by atoms with Crippen LogP contribution in [0.3, 0.4) is 0 Å². The number of benzene rings is 3. The molecule has 1 N–H and O–H groups in total. The summed E-state index contributed by atoms with van der Waals surface area (Å²) in [7, 11) is 0. The van der Waals surface area contributed by atoms with Gasteiger partial charge in [0.2, 0.25) is 3.79 Å². The quantitative estimate of drug-likeness (QED) is 0.197. The molecule has 1 aliphatic carbocycles. The molecule has 2 fully saturated rings. The Labute approximate surface area is 329 Å². The lowest BCUT2D eigenvalue weighted by Gasteiger charge is -2.48. The van der Waals surface area contributed by atoms with Crippen LogP contribution in [0.2, 0.25) is 0 Å². The highest BCUT2D eigenvalue weighted by Crippen LogP contribution is 2.43. The zero-order valence-corrected chi connectivity index (χ0v) is 33.6. The van der Waals surface area contributed by atoms with Crippen LogP contribution < -0.4 is 10.1 Å². The summed E-state index contributed by atoms with van der Waals surface area (Å²) in [5, 5.41) is 3.47. The van der Waals surface area contributed by atoms with Crippen molar-refractivity contribution in [1.29, 1.82) is 0 Å². The van der Waals surface area contributed by atoms with Gasteiger partial charge in [-0.2, -0.15) is 0 Å². The average molecular weight is 790 g/mol. The van der Waals surface area contributed by atoms with E-state index in [0.29, 0.717) is 38.2 Å². The summed E-state index contributed by atoms with van der Waals surface area (Å²) in [6.07, 6.45) is 3.33. The third-order valence-electron chi connectivity index (χ3n) is 10.6. The van der Waals surface area contributed by atoms with Crippen LogP contribution in [0, 0.1) is 20.8 Å². The number of carbonyl (C=O) groups is 2. The minimum atomic E-state index is -1.84. The van der Waals surface area contributed by atoms with E-state index in [2.05, 4.69) is 74.6 Å². The van der Waals surface area contributed by atoms with Gasteiger partial charge in [-0.3, -0.25) is 9.69 Å². The van der Waals surface area contributed by atoms with Gasteiger partial charge in [-0.15, -0.1) is 12.4 Å². The highest BCUT2D eigenvalue weighted by atomic mass is 35.6. The predicted molar refractivity (Wildman–Crippen MR) is 213 cm³/mol. The molecule has 6 rings (SSSR count). The van der Waals surface area contributed by atoms with E-state index in [0.717, 1.165) is 53.7 Å². The summed E-state index contributed by atoms with van der Waals surface area (Å²) >= 11 is 18.7. The number of halogens is 4. The number of amides is 2. The lowest BCUT2D eigenvalue weighted by atomic mass is 9.81. The SMILES string of the molecule is Cc1ccc(C)c(OCCc2ccc(C3=C(C(=O)N(CCc4ccccc4)C4CC4)C4CNCC(C3)N4C(=O)OC(C)(C)C(Cl)(Cl)Cl)cc2)c1C.Cl. The molecule has 2 heterocycles. The molecule has 7 nitrogen and oxygen atoms in total. The average Bonchev–Trinajstić information content (AvgIpc) is 3.93. The minimum absolute atomic E-state index is 0. The predicted octanol–water partition coefficient (Wildman–Crippen LogP) is 8.97. The molecule has 2 amide bonds. The number of nitrogens with zero attached hydrogens (tertiary/aromatic N) is 2. The van der Waals surface area contributed by atoms with Crippen LogP contribution in [-0.4, -0.2) is 75.6 Å². The van der Waals surface area contributed by atoms with Gasteiger partial charge in [0.15, 0.2) is 5.60 Å². The summed E-state index contributed by atoms with van der Waals surface area (Å²) in [6, 6.07) is 22.3. The van der Waals surface area contributed by atoms with Gasteiger partial charge < -0.3 is 19.7 Å². The van der Waals surface area contributed by atoms with Crippen molar-refractivity contribution in [1.82, 2.24) is 15.1 Å². The van der Waals surface area contributed by atoms with Crippen molar-refractivity contribution in [3.8, 4) is 5.75 Å². The molecule has 1 saturated carbocycles. The van der Waals surface area contributed by atoms with Crippen molar-refractivity contribution in [2.75, 3.05) is 26.2 Å². The molecular weight excluding hydrogens is 740 g/mol. The fourth-order valence-electron chi connectivity index (χ4n) is 7.12. The molecule has 280 valence electrons. The monoisotopic (exact) mass is 787 g/mol. The standard InChI is InChI=1S/C41H48Cl3N3O4.ClH/c1-26-11-12-27(2)37(28(26)3)50-22-20-30-13-15-31(16-14-30)34-23-33-24-45-25-35(47(33)39(49)51-40(4,5)41(42,43)44)36(34)38(48)46(32-17-18-32)21-19-29-9-7-6-8-10-29;/h6-16,32-33,35,45H,17-25H2,1-5H3;1H. The number of aryl methyl sites for hydroxylation is 2. The Balaban J connectivity index is 0.00000523. The largest absolute Gasteiger partial charge is 0.493 e. The molecule has 2 unspecified atom stereocenters. The Morgan fingerprint density at radius 2 is 1.54 bits per heavy atom. The molecule has 2 aliphatic heterocycles. The number of nitrogens with one attached hydrogen (secondary N) is 1. The number of piperazine rings is 1. The third-order valence-corrected chi connectivity index (χ3v) is 11.9. The van der Waals surface area contributed by atoms with Gasteiger partial charge in [-0.1, -0.05) is 102 Å². The number of ether oxygens (including phenoxy) is 2. The van der Waals surface area contributed by atoms with E-state index in [-0.39, 0.29) is 30.4 Å². The number of carbonyl (C=O) groups excluding carboxylic acids is 2. The second-order valence-electron chi connectivity index (χ2n) is 14.6. The van der Waals surface area contributed by atoms with Crippen LogP contribution in [-0.2, 0) is 22.4 Å². The maximum Gasteiger partial charge on any atom is 0.411 e. The molecule has 2 bridgehead atoms. The number of rotatable bonds is 11. The van der Waals surface area contributed by atoms with Crippen molar-refractivity contribution in [3.63, 3.8) is 0 Å². The van der Waals surface area contributed by atoms with E-state index in [1.54, 1.807) is 18.7 Å². The van der Waals surface area contributed by atoms with Crippen LogP contribution >= 0.6 is 47.2 Å². The Morgan fingerprint density at radius 3 is 2.19 bits per heavy atom. The van der Waals surface area contributed by atoms with Crippen molar-refractivity contribution in [2.45, 2.75) is 94.2 Å². The van der Waals surface area contributed by atoms with E-state index in [4.69, 9.17) is 44.3 Å². The normalized spacial score (nSPS) is 18.8. The van der Waals surface area contributed by atoms with Gasteiger partial charge >= 0.3 is 6.09 Å². The molecule has 1 saturated heterocycles. The van der Waals surface area contributed by atoms with Gasteiger partial charge in [0.25, 0.3) is 5.91 Å². The fraction of sp³-hybridized carbons (Fsp3) is 0.463. The minimum Gasteiger partial charge on any atom is -0.493 e. The molecule has 0 radical (unpaired) electrons. The van der Waals surface area contributed by atoms with Gasteiger partial charge in [0.05, 0.1) is 18.7 Å². The van der Waals surface area contributed by atoms with E-state index in [1.165, 1.54) is 16.7 Å². The summed E-state index contributed by atoms with van der Waals surface area (Å²) in [5.74, 6) is 0.922. The summed E-state index contributed by atoms with van der Waals surface area (Å²) < 4.78 is 10.3. The lowest BCUT2D eigenvalue weighted by Crippen LogP contribution is -2.64. The maximum absolute atomic E-state index is 14.9. The Hall–Kier alpha value is -2.94. The topological polar surface area (TPSA) is 71.1 Å². The molecule has 2 atom stereocenters. The van der Waals surface area contributed by atoms with Gasteiger partial charge in [-0.05, 0) is 99.3 Å². The molecular formula is C41H49Cl4N3O4. The molecule has 11 heteroatoms. The molecule has 0 aromatic heterocycles. The Morgan fingerprint density at radius 1 is 0.885 bits per heavy atom. The van der Waals surface area contributed by atoms with E-state index >= 15 is 0 Å². The highest BCUT2D eigenvalue weighted by Gasteiger charge is 2.50. The lowest BCUT2D eigenvalue weighted by molar-refractivity contribution is -0.128. The summed E-state index contributed by atoms with van der Waals surface area (Å²) in [6.45, 7) is 11.6. The van der Waals surface area contributed by atoms with E-state index < -0.39 is 21.5 Å². The second kappa shape index (κ2) is 16.6. The smallest absolute Gasteiger partial charge is 0.411 e. The van der Waals surface area contributed by atoms with Crippen LogP contribution in [0.25, 0.3) is 5.57 Å². The maximum atomic E-state index is 14.9. The number of alkyl halides is 3. The Bertz CT molecular complexity index is 1770. The van der Waals surface area contributed by atoms with Crippen molar-refractivity contribution in [3.05, 3.63) is 106 Å². The van der Waals surface area contributed by atoms with Crippen molar-refractivity contribution in [2.24, 2.45) is 0 Å². The highest BCUT2D eigenvalue weighted by molar-refractivity contribution is 6.68. The molecule has 3 aromatic rings. The molecule has 0 spiro atoms. The molecule has 52 heavy (non-hydrogen) atoms. The number of hydrogen-bond donors (Lipinski definition) is 1. The van der Waals surface area contributed by atoms with Crippen LogP contribution in [0.4, 0.5) is 4.79 Å². The van der Waals surface area contributed by atoms with Crippen molar-refractivity contribution < 1.29 is 19.1 Å². The first-order valence-electron chi connectivity index (χ1n) is 17.9. The van der Waals surface area contributed by atoms with Gasteiger partial charge in [0.1, 0.15) is 5.75 Å². The van der Waals surface area contributed by atoms with Gasteiger partial charge in [-0.25, -0.2) is 4.79 Å². The number of hydrogen-bond acceptors (Lipinski definition) is 5. The van der Waals surface area contributed by atoms with E-state index in [1.807, 2.05) is 23.1 Å². The molecule has 3 aliphatic rings. The van der Waals surface area contributed by atoms with Gasteiger partial charge in [0, 0.05) is 37.7 Å². The second-order valence-corrected chi connectivity index (χ2v) is 16.9. The van der Waals surface area contributed by atoms with E-state index in [9.17, 15) is 9.59 Å². The zero-order valence-electron chi connectivity index (χ0n) is 30.5. The molecule has 3 aromatic carbocycles. The first-order valence-corrected chi connectivity index (χ1v) is 19.0. The summed E-state index contributed by atoms with van der Waals surface area (Å²) in [4.78, 5) is 32.6. The first kappa shape index (κ1) is 40.2. The fourth-order valence-corrected chi connectivity index (χ4v) is 7.24. The first-order chi connectivity index (χ1) is 24.2. The summed E-state index contributed by atoms with van der Waals surface area (Å²) in [5.41, 5.74) is 7.04. The van der Waals surface area contributed by atoms with Crippen LogP contribution in [0.1, 0.15) is 66.5 Å². The zero-order chi connectivity index (χ0) is 36.5. The Kier molecular flexibility index (Phi) is 12.9. The number of fused-ring (bicyclic) bond motifs is 2. The van der Waals surface area contributed by atoms with Crippen LogP contribution in [0.15, 0.2) is 72.3 Å². The van der Waals surface area contributed by atoms with Crippen LogP contribution in [0.5, 0.6) is 5.75 Å². The van der Waals surface area contributed by atoms with Crippen molar-refractivity contribution >= 4 is 64.8 Å². The third kappa shape index (κ3) is 8.88.